The Labute approximate surface area is 105 Å². The van der Waals surface area contributed by atoms with E-state index in [0.29, 0.717) is 6.61 Å². The maximum Gasteiger partial charge on any atom is 0.332 e. The molecule has 0 radical (unpaired) electrons. The summed E-state index contributed by atoms with van der Waals surface area (Å²) in [6.07, 6.45) is 0. The van der Waals surface area contributed by atoms with Crippen LogP contribution in [0.25, 0.3) is 0 Å². The number of methoxy groups -OCH3 is 1. The van der Waals surface area contributed by atoms with Gasteiger partial charge in [-0.1, -0.05) is 0 Å². The van der Waals surface area contributed by atoms with Gasteiger partial charge in [-0.3, -0.25) is 10.1 Å². The molecule has 0 aliphatic rings. The number of hydrogen-bond acceptors (Lipinski definition) is 7. The Hall–Kier alpha value is -1.96. The van der Waals surface area contributed by atoms with Crippen molar-refractivity contribution in [3.8, 4) is 0 Å². The van der Waals surface area contributed by atoms with E-state index in [0.717, 1.165) is 0 Å². The summed E-state index contributed by atoms with van der Waals surface area (Å²) in [5.74, 6) is 0.221. The summed E-state index contributed by atoms with van der Waals surface area (Å²) >= 11 is 0. The predicted molar refractivity (Wildman–Crippen MR) is 67.6 cm³/mol. The summed E-state index contributed by atoms with van der Waals surface area (Å²) in [5.41, 5.74) is 5.66. The minimum Gasteiger partial charge on any atom is -0.383 e. The van der Waals surface area contributed by atoms with Crippen LogP contribution in [-0.2, 0) is 4.74 Å². The van der Waals surface area contributed by atoms with Crippen LogP contribution in [0.3, 0.4) is 0 Å². The maximum absolute atomic E-state index is 11.1. The number of nitrogens with two attached hydrogens (primary N) is 1. The van der Waals surface area contributed by atoms with Gasteiger partial charge in [0.05, 0.1) is 17.6 Å². The third-order valence-electron chi connectivity index (χ3n) is 2.64. The molecule has 8 nitrogen and oxygen atoms in total. The van der Waals surface area contributed by atoms with Crippen molar-refractivity contribution >= 4 is 17.5 Å². The van der Waals surface area contributed by atoms with E-state index in [-0.39, 0.29) is 29.2 Å². The van der Waals surface area contributed by atoms with E-state index in [9.17, 15) is 10.1 Å². The average molecular weight is 255 g/mol. The Balaban J connectivity index is 3.25. The topological polar surface area (TPSA) is 107 Å². The zero-order valence-corrected chi connectivity index (χ0v) is 10.9. The van der Waals surface area contributed by atoms with Crippen molar-refractivity contribution in [3.63, 3.8) is 0 Å². The lowest BCUT2D eigenvalue weighted by molar-refractivity contribution is -0.385. The van der Waals surface area contributed by atoms with Crippen LogP contribution < -0.4 is 10.6 Å². The summed E-state index contributed by atoms with van der Waals surface area (Å²) in [7, 11) is 3.27. The van der Waals surface area contributed by atoms with E-state index in [1.807, 2.05) is 6.92 Å². The van der Waals surface area contributed by atoms with E-state index in [1.165, 1.54) is 6.92 Å². The normalized spacial score (nSPS) is 12.2. The lowest BCUT2D eigenvalue weighted by Crippen LogP contribution is -2.34. The fourth-order valence-corrected chi connectivity index (χ4v) is 1.59. The van der Waals surface area contributed by atoms with Crippen LogP contribution in [0.5, 0.6) is 0 Å². The number of aryl methyl sites for hydroxylation is 1. The minimum absolute atomic E-state index is 0.0181. The van der Waals surface area contributed by atoms with Crippen LogP contribution in [0.15, 0.2) is 0 Å². The van der Waals surface area contributed by atoms with E-state index in [4.69, 9.17) is 10.5 Å². The van der Waals surface area contributed by atoms with Crippen molar-refractivity contribution in [1.29, 1.82) is 0 Å². The molecule has 100 valence electrons. The van der Waals surface area contributed by atoms with Crippen LogP contribution in [-0.4, -0.2) is 41.7 Å². The third kappa shape index (κ3) is 2.83. The lowest BCUT2D eigenvalue weighted by Gasteiger charge is -2.25. The van der Waals surface area contributed by atoms with E-state index in [1.54, 1.807) is 19.1 Å². The van der Waals surface area contributed by atoms with Gasteiger partial charge < -0.3 is 15.4 Å². The van der Waals surface area contributed by atoms with Gasteiger partial charge >= 0.3 is 5.69 Å². The molecule has 0 aliphatic heterocycles. The van der Waals surface area contributed by atoms with Gasteiger partial charge in [-0.2, -0.15) is 4.98 Å². The van der Waals surface area contributed by atoms with Gasteiger partial charge in [-0.25, -0.2) is 4.98 Å². The SMILES string of the molecule is COCC(C)N(C)c1nc(N)nc(C)c1[N+](=O)[O-]. The summed E-state index contributed by atoms with van der Waals surface area (Å²) in [4.78, 5) is 20.0. The van der Waals surface area contributed by atoms with Crippen LogP contribution >= 0.6 is 0 Å². The van der Waals surface area contributed by atoms with Crippen LogP contribution in [0, 0.1) is 17.0 Å². The molecule has 1 heterocycles. The average Bonchev–Trinajstić information content (AvgIpc) is 2.26. The van der Waals surface area contributed by atoms with Crippen molar-refractivity contribution in [2.45, 2.75) is 19.9 Å². The number of rotatable bonds is 5. The first-order valence-corrected chi connectivity index (χ1v) is 5.38. The quantitative estimate of drug-likeness (QED) is 0.610. The number of nitrogen functional groups attached to an aromatic ring is 1. The highest BCUT2D eigenvalue weighted by Crippen LogP contribution is 2.29. The zero-order valence-electron chi connectivity index (χ0n) is 10.9. The molecule has 1 unspecified atom stereocenters. The van der Waals surface area contributed by atoms with Gasteiger partial charge in [0.15, 0.2) is 0 Å². The van der Waals surface area contributed by atoms with Crippen molar-refractivity contribution < 1.29 is 9.66 Å². The number of aromatic nitrogens is 2. The molecule has 2 N–H and O–H groups in total. The molecule has 1 atom stereocenters. The van der Waals surface area contributed by atoms with Gasteiger partial charge in [0, 0.05) is 14.2 Å². The van der Waals surface area contributed by atoms with Gasteiger partial charge in [0.1, 0.15) is 5.69 Å². The van der Waals surface area contributed by atoms with Gasteiger partial charge in [0.2, 0.25) is 11.8 Å². The lowest BCUT2D eigenvalue weighted by atomic mass is 10.2. The number of nitro groups is 1. The maximum atomic E-state index is 11.1. The molecule has 0 aromatic carbocycles. The Morgan fingerprint density at radius 2 is 2.17 bits per heavy atom. The Bertz CT molecular complexity index is 451. The molecule has 0 amide bonds. The predicted octanol–water partition coefficient (Wildman–Crippen LogP) is 0.747. The van der Waals surface area contributed by atoms with Gasteiger partial charge in [0.25, 0.3) is 0 Å². The van der Waals surface area contributed by atoms with Crippen LogP contribution in [0.1, 0.15) is 12.6 Å². The van der Waals surface area contributed by atoms with Crippen LogP contribution in [0.2, 0.25) is 0 Å². The number of ether oxygens (including phenoxy) is 1. The molecule has 0 saturated heterocycles. The third-order valence-corrected chi connectivity index (χ3v) is 2.64. The fourth-order valence-electron chi connectivity index (χ4n) is 1.59. The minimum atomic E-state index is -0.500. The molecule has 18 heavy (non-hydrogen) atoms. The van der Waals surface area contributed by atoms with Crippen molar-refractivity contribution in [1.82, 2.24) is 9.97 Å². The molecule has 1 aromatic heterocycles. The highest BCUT2D eigenvalue weighted by atomic mass is 16.6. The smallest absolute Gasteiger partial charge is 0.332 e. The standard InChI is InChI=1S/C10H17N5O3/c1-6(5-18-4)14(3)9-8(15(16)17)7(2)12-10(11)13-9/h6H,5H2,1-4H3,(H2,11,12,13). The van der Waals surface area contributed by atoms with Gasteiger partial charge in [-0.15, -0.1) is 0 Å². The molecular formula is C10H17N5O3. The molecule has 1 aromatic rings. The summed E-state index contributed by atoms with van der Waals surface area (Å²) in [5, 5.41) is 11.1. The van der Waals surface area contributed by atoms with Crippen molar-refractivity contribution in [3.05, 3.63) is 15.8 Å². The second-order valence-corrected chi connectivity index (χ2v) is 4.01. The van der Waals surface area contributed by atoms with E-state index < -0.39 is 4.92 Å². The molecule has 1 rings (SSSR count). The highest BCUT2D eigenvalue weighted by molar-refractivity contribution is 5.62. The first-order chi connectivity index (χ1) is 8.38. The fraction of sp³-hybridized carbons (Fsp3) is 0.600. The van der Waals surface area contributed by atoms with Crippen molar-refractivity contribution in [2.24, 2.45) is 0 Å². The van der Waals surface area contributed by atoms with Gasteiger partial charge in [-0.05, 0) is 13.8 Å². The molecule has 0 spiro atoms. The largest absolute Gasteiger partial charge is 0.383 e. The number of hydrogen-bond donors (Lipinski definition) is 1. The monoisotopic (exact) mass is 255 g/mol. The molecule has 0 aliphatic carbocycles. The van der Waals surface area contributed by atoms with Crippen LogP contribution in [0.4, 0.5) is 17.5 Å². The Morgan fingerprint density at radius 1 is 1.56 bits per heavy atom. The number of nitrogens with zero attached hydrogens (tertiary/aromatic N) is 4. The Kier molecular flexibility index (Phi) is 4.38. The van der Waals surface area contributed by atoms with Crippen molar-refractivity contribution in [2.75, 3.05) is 31.4 Å². The summed E-state index contributed by atoms with van der Waals surface area (Å²) in [6.45, 7) is 3.84. The molecular weight excluding hydrogens is 238 g/mol. The first-order valence-electron chi connectivity index (χ1n) is 5.38. The Morgan fingerprint density at radius 3 is 2.67 bits per heavy atom. The number of likely N-dealkylation sites (N-methyl/N-ethyl adjacent to an activating group) is 1. The second kappa shape index (κ2) is 5.58. The second-order valence-electron chi connectivity index (χ2n) is 4.01. The van der Waals surface area contributed by atoms with E-state index in [2.05, 4.69) is 9.97 Å². The summed E-state index contributed by atoms with van der Waals surface area (Å²) < 4.78 is 5.02. The highest BCUT2D eigenvalue weighted by Gasteiger charge is 2.26. The molecule has 0 fully saturated rings. The zero-order chi connectivity index (χ0) is 13.9. The molecule has 0 saturated carbocycles. The number of anilines is 2. The molecule has 8 heteroatoms. The first kappa shape index (κ1) is 14.1. The van der Waals surface area contributed by atoms with E-state index >= 15 is 0 Å². The molecule has 0 bridgehead atoms. The summed E-state index contributed by atoms with van der Waals surface area (Å²) in [6, 6.07) is -0.0672.